The van der Waals surface area contributed by atoms with E-state index in [9.17, 15) is 0 Å². The Labute approximate surface area is 184 Å². The van der Waals surface area contributed by atoms with E-state index in [0.29, 0.717) is 19.8 Å². The summed E-state index contributed by atoms with van der Waals surface area (Å²) in [7, 11) is 3.49. The smallest absolute Gasteiger partial charge is 0.191 e. The van der Waals surface area contributed by atoms with Crippen molar-refractivity contribution in [1.82, 2.24) is 20.2 Å². The van der Waals surface area contributed by atoms with Crippen molar-refractivity contribution in [3.05, 3.63) is 59.9 Å². The van der Waals surface area contributed by atoms with Gasteiger partial charge in [-0.2, -0.15) is 0 Å². The fourth-order valence-corrected chi connectivity index (χ4v) is 3.37. The van der Waals surface area contributed by atoms with Gasteiger partial charge in [0, 0.05) is 52.4 Å². The lowest BCUT2D eigenvalue weighted by Crippen LogP contribution is -2.37. The van der Waals surface area contributed by atoms with Crippen molar-refractivity contribution in [3.63, 3.8) is 0 Å². The number of nitrogens with one attached hydrogen (secondary N) is 2. The zero-order chi connectivity index (χ0) is 21.9. The first-order valence-corrected chi connectivity index (χ1v) is 10.8. The molecule has 1 aromatic heterocycles. The Morgan fingerprint density at radius 3 is 2.81 bits per heavy atom. The molecule has 2 N–H and O–H groups in total. The van der Waals surface area contributed by atoms with Gasteiger partial charge in [0.1, 0.15) is 5.75 Å². The minimum absolute atomic E-state index is 0.639. The summed E-state index contributed by atoms with van der Waals surface area (Å²) >= 11 is 0. The lowest BCUT2D eigenvalue weighted by atomic mass is 10.1. The molecule has 0 unspecified atom stereocenters. The van der Waals surface area contributed by atoms with Gasteiger partial charge in [-0.25, -0.2) is 4.98 Å². The number of aliphatic imine (C=N–C) groups is 1. The van der Waals surface area contributed by atoms with Crippen molar-refractivity contribution in [2.45, 2.75) is 32.9 Å². The molecule has 0 bridgehead atoms. The largest absolute Gasteiger partial charge is 0.493 e. The molecule has 0 aliphatic heterocycles. The molecule has 7 heteroatoms. The lowest BCUT2D eigenvalue weighted by molar-refractivity contribution is 0.171. The number of nitrogens with zero attached hydrogens (tertiary/aromatic N) is 3. The summed E-state index contributed by atoms with van der Waals surface area (Å²) in [6.07, 6.45) is 3.75. The first kappa shape index (κ1) is 22.6. The highest BCUT2D eigenvalue weighted by molar-refractivity contribution is 5.79. The van der Waals surface area contributed by atoms with Crippen molar-refractivity contribution in [1.29, 1.82) is 0 Å². The van der Waals surface area contributed by atoms with Crippen molar-refractivity contribution >= 4 is 17.0 Å². The average molecular weight is 424 g/mol. The number of para-hydroxylation sites is 2. The van der Waals surface area contributed by atoms with Gasteiger partial charge in [-0.15, -0.1) is 0 Å². The van der Waals surface area contributed by atoms with Crippen LogP contribution in [0.3, 0.4) is 0 Å². The molecule has 166 valence electrons. The maximum atomic E-state index is 5.97. The van der Waals surface area contributed by atoms with E-state index < -0.39 is 0 Å². The van der Waals surface area contributed by atoms with Crippen LogP contribution in [0.2, 0.25) is 0 Å². The van der Waals surface area contributed by atoms with Crippen LogP contribution in [0.1, 0.15) is 24.0 Å². The van der Waals surface area contributed by atoms with Gasteiger partial charge in [0.15, 0.2) is 5.96 Å². The molecular weight excluding hydrogens is 390 g/mol. The van der Waals surface area contributed by atoms with Crippen molar-refractivity contribution < 1.29 is 9.47 Å². The molecule has 0 saturated carbocycles. The highest BCUT2D eigenvalue weighted by Gasteiger charge is 2.06. The Balaban J connectivity index is 1.46. The van der Waals surface area contributed by atoms with Crippen LogP contribution in [0.5, 0.6) is 5.75 Å². The zero-order valence-electron chi connectivity index (χ0n) is 18.7. The van der Waals surface area contributed by atoms with E-state index in [-0.39, 0.29) is 0 Å². The first-order chi connectivity index (χ1) is 15.2. The molecule has 0 atom stereocenters. The van der Waals surface area contributed by atoms with Crippen LogP contribution in [-0.4, -0.2) is 49.4 Å². The monoisotopic (exact) mass is 423 g/mol. The van der Waals surface area contributed by atoms with Gasteiger partial charge in [-0.1, -0.05) is 24.3 Å². The van der Waals surface area contributed by atoms with Gasteiger partial charge in [0.2, 0.25) is 0 Å². The number of guanidine groups is 1. The number of benzene rings is 2. The summed E-state index contributed by atoms with van der Waals surface area (Å²) in [6, 6.07) is 14.5. The summed E-state index contributed by atoms with van der Waals surface area (Å²) in [6.45, 7) is 5.78. The number of ether oxygens (including phenoxy) is 2. The van der Waals surface area contributed by atoms with Crippen LogP contribution < -0.4 is 15.4 Å². The van der Waals surface area contributed by atoms with Gasteiger partial charge in [-0.05, 0) is 37.1 Å². The molecule has 0 saturated heterocycles. The Hall–Kier alpha value is -3.06. The molecule has 2 aromatic carbocycles. The number of aryl methyl sites for hydroxylation is 2. The van der Waals surface area contributed by atoms with E-state index >= 15 is 0 Å². The van der Waals surface area contributed by atoms with E-state index in [1.54, 1.807) is 14.2 Å². The molecule has 0 radical (unpaired) electrons. The number of hydrogen-bond acceptors (Lipinski definition) is 4. The van der Waals surface area contributed by atoms with Crippen LogP contribution in [0.15, 0.2) is 53.8 Å². The van der Waals surface area contributed by atoms with E-state index in [1.165, 1.54) is 11.1 Å². The third-order valence-electron chi connectivity index (χ3n) is 5.04. The lowest BCUT2D eigenvalue weighted by Gasteiger charge is -2.15. The molecule has 0 aliphatic rings. The molecular formula is C24H33N5O2. The van der Waals surface area contributed by atoms with Crippen molar-refractivity contribution in [2.75, 3.05) is 33.9 Å². The molecule has 0 amide bonds. The van der Waals surface area contributed by atoms with Gasteiger partial charge in [0.25, 0.3) is 0 Å². The first-order valence-electron chi connectivity index (χ1n) is 10.8. The summed E-state index contributed by atoms with van der Waals surface area (Å²) in [5.74, 6) is 1.69. The average Bonchev–Trinajstić information content (AvgIpc) is 3.20. The maximum absolute atomic E-state index is 5.97. The van der Waals surface area contributed by atoms with Crippen LogP contribution in [0.25, 0.3) is 11.0 Å². The third-order valence-corrected chi connectivity index (χ3v) is 5.04. The minimum Gasteiger partial charge on any atom is -0.493 e. The summed E-state index contributed by atoms with van der Waals surface area (Å²) < 4.78 is 13.3. The fourth-order valence-electron chi connectivity index (χ4n) is 3.37. The molecule has 0 aliphatic carbocycles. The number of aromatic nitrogens is 2. The van der Waals surface area contributed by atoms with Gasteiger partial charge >= 0.3 is 0 Å². The molecule has 7 nitrogen and oxygen atoms in total. The third kappa shape index (κ3) is 6.72. The van der Waals surface area contributed by atoms with E-state index in [2.05, 4.69) is 56.4 Å². The minimum atomic E-state index is 0.639. The number of rotatable bonds is 11. The molecule has 1 heterocycles. The molecule has 0 fully saturated rings. The second kappa shape index (κ2) is 12.0. The number of hydrogen-bond donors (Lipinski definition) is 2. The zero-order valence-corrected chi connectivity index (χ0v) is 18.7. The highest BCUT2D eigenvalue weighted by Crippen LogP contribution is 2.20. The van der Waals surface area contributed by atoms with Gasteiger partial charge < -0.3 is 24.7 Å². The fraction of sp³-hybridized carbons (Fsp3) is 0.417. The second-order valence-corrected chi connectivity index (χ2v) is 7.44. The summed E-state index contributed by atoms with van der Waals surface area (Å²) in [5, 5.41) is 6.77. The van der Waals surface area contributed by atoms with E-state index in [4.69, 9.17) is 9.47 Å². The molecule has 31 heavy (non-hydrogen) atoms. The Bertz CT molecular complexity index is 983. The number of methoxy groups -OCH3 is 1. The maximum Gasteiger partial charge on any atom is 0.191 e. The van der Waals surface area contributed by atoms with Gasteiger partial charge in [0.05, 0.1) is 24.0 Å². The number of imidazole rings is 1. The molecule has 0 spiro atoms. The van der Waals surface area contributed by atoms with Crippen LogP contribution >= 0.6 is 0 Å². The highest BCUT2D eigenvalue weighted by atomic mass is 16.5. The van der Waals surface area contributed by atoms with E-state index in [1.807, 2.05) is 24.5 Å². The Kier molecular flexibility index (Phi) is 8.72. The number of fused-ring (bicyclic) bond motifs is 1. The Morgan fingerprint density at radius 2 is 1.97 bits per heavy atom. The van der Waals surface area contributed by atoms with Crippen LogP contribution in [0.4, 0.5) is 0 Å². The quantitative estimate of drug-likeness (QED) is 0.280. The molecule has 3 aromatic rings. The molecule has 3 rings (SSSR count). The summed E-state index contributed by atoms with van der Waals surface area (Å²) in [5.41, 5.74) is 4.49. The normalized spacial score (nSPS) is 11.6. The van der Waals surface area contributed by atoms with Crippen molar-refractivity contribution in [2.24, 2.45) is 4.99 Å². The summed E-state index contributed by atoms with van der Waals surface area (Å²) in [4.78, 5) is 8.78. The van der Waals surface area contributed by atoms with Crippen LogP contribution in [0, 0.1) is 6.92 Å². The van der Waals surface area contributed by atoms with Gasteiger partial charge in [-0.3, -0.25) is 4.99 Å². The van der Waals surface area contributed by atoms with Crippen LogP contribution in [-0.2, 0) is 17.8 Å². The topological polar surface area (TPSA) is 72.7 Å². The Morgan fingerprint density at radius 1 is 1.10 bits per heavy atom. The van der Waals surface area contributed by atoms with Crippen molar-refractivity contribution in [3.8, 4) is 5.75 Å². The predicted molar refractivity (Wildman–Crippen MR) is 126 cm³/mol. The standard InChI is InChI=1S/C24H33N5O2/c1-19-10-11-20(23(16-19)31-15-7-14-30-3)17-27-24(25-2)26-12-6-13-29-18-28-21-8-4-5-9-22(21)29/h4-5,8-11,16,18H,6-7,12-15,17H2,1-3H3,(H2,25,26,27). The second-order valence-electron chi connectivity index (χ2n) is 7.44. The predicted octanol–water partition coefficient (Wildman–Crippen LogP) is 3.52. The van der Waals surface area contributed by atoms with E-state index in [0.717, 1.165) is 48.7 Å². The SMILES string of the molecule is CN=C(NCCCn1cnc2ccccc21)NCc1ccc(C)cc1OCCCOC.